The summed E-state index contributed by atoms with van der Waals surface area (Å²) in [6.07, 6.45) is 5.91. The molecule has 0 aliphatic rings. The smallest absolute Gasteiger partial charge is 0.249 e. The zero-order valence-corrected chi connectivity index (χ0v) is 22.5. The van der Waals surface area contributed by atoms with Crippen molar-refractivity contribution < 1.29 is 19.5 Å². The molecule has 3 unspecified atom stereocenters. The quantitative estimate of drug-likeness (QED) is 0.150. The minimum atomic E-state index is -0.881. The Labute approximate surface area is 207 Å². The van der Waals surface area contributed by atoms with Crippen LogP contribution in [0.3, 0.4) is 0 Å². The lowest BCUT2D eigenvalue weighted by atomic mass is 9.93. The van der Waals surface area contributed by atoms with E-state index >= 15 is 0 Å². The van der Waals surface area contributed by atoms with E-state index in [0.717, 1.165) is 32.1 Å². The molecule has 4 N–H and O–H groups in total. The van der Waals surface area contributed by atoms with Gasteiger partial charge in [0.15, 0.2) is 0 Å². The summed E-state index contributed by atoms with van der Waals surface area (Å²) in [6, 6.07) is -1.30. The van der Waals surface area contributed by atoms with Gasteiger partial charge in [-0.2, -0.15) is 12.6 Å². The van der Waals surface area contributed by atoms with Gasteiger partial charge in [-0.15, -0.1) is 0 Å². The van der Waals surface area contributed by atoms with Crippen LogP contribution in [-0.4, -0.2) is 53.3 Å². The van der Waals surface area contributed by atoms with Gasteiger partial charge >= 0.3 is 0 Å². The highest BCUT2D eigenvalue weighted by molar-refractivity contribution is 7.80. The first-order valence-electron chi connectivity index (χ1n) is 12.7. The molecule has 0 spiro atoms. The van der Waals surface area contributed by atoms with E-state index in [0.29, 0.717) is 31.7 Å². The molecule has 0 aromatic rings. The fourth-order valence-corrected chi connectivity index (χ4v) is 4.13. The molecule has 0 heterocycles. The van der Waals surface area contributed by atoms with Gasteiger partial charge in [0, 0.05) is 5.75 Å². The molecule has 4 atom stereocenters. The molecule has 0 aromatic carbocycles. The zero-order valence-electron chi connectivity index (χ0n) is 21.7. The summed E-state index contributed by atoms with van der Waals surface area (Å²) in [5, 5.41) is 18.8. The van der Waals surface area contributed by atoms with Crippen molar-refractivity contribution in [2.75, 3.05) is 12.3 Å². The number of unbranched alkanes of at least 4 members (excludes halogenated alkanes) is 4. The molecule has 0 aliphatic heterocycles. The maximum Gasteiger partial charge on any atom is 0.249 e. The normalized spacial score (nSPS) is 15.2. The Morgan fingerprint density at radius 1 is 0.818 bits per heavy atom. The van der Waals surface area contributed by atoms with Crippen LogP contribution in [-0.2, 0) is 14.4 Å². The lowest BCUT2D eigenvalue weighted by Crippen LogP contribution is -2.55. The van der Waals surface area contributed by atoms with Gasteiger partial charge in [-0.1, -0.05) is 73.6 Å². The topological polar surface area (TPSA) is 108 Å². The summed E-state index contributed by atoms with van der Waals surface area (Å²) in [6.45, 7) is 12.7. The predicted molar refractivity (Wildman–Crippen MR) is 138 cm³/mol. The van der Waals surface area contributed by atoms with E-state index in [1.54, 1.807) is 0 Å². The van der Waals surface area contributed by atoms with Gasteiger partial charge in [-0.25, -0.2) is 0 Å². The van der Waals surface area contributed by atoms with Crippen molar-refractivity contribution in [3.8, 4) is 0 Å². The third kappa shape index (κ3) is 14.0. The SMILES string of the molecule is CCCCCCCC(C(=O)N[C@@H](CC(C)C)C(=O)NC(=O)C(CC(C)C)NCC)C(O)CS. The van der Waals surface area contributed by atoms with Crippen molar-refractivity contribution in [3.63, 3.8) is 0 Å². The van der Waals surface area contributed by atoms with E-state index in [1.165, 1.54) is 0 Å². The molecular weight excluding hydrogens is 438 g/mol. The fourth-order valence-electron chi connectivity index (χ4n) is 3.87. The minimum absolute atomic E-state index is 0.138. The van der Waals surface area contributed by atoms with Gasteiger partial charge in [-0.3, -0.25) is 19.7 Å². The second kappa shape index (κ2) is 18.2. The first-order valence-corrected chi connectivity index (χ1v) is 13.4. The number of hydrogen-bond donors (Lipinski definition) is 5. The van der Waals surface area contributed by atoms with Gasteiger partial charge < -0.3 is 15.7 Å². The van der Waals surface area contributed by atoms with Crippen molar-refractivity contribution in [1.82, 2.24) is 16.0 Å². The summed E-state index contributed by atoms with van der Waals surface area (Å²) < 4.78 is 0. The lowest BCUT2D eigenvalue weighted by molar-refractivity contribution is -0.137. The Kier molecular flexibility index (Phi) is 17.6. The van der Waals surface area contributed by atoms with E-state index < -0.39 is 30.0 Å². The van der Waals surface area contributed by atoms with E-state index in [1.807, 2.05) is 34.6 Å². The van der Waals surface area contributed by atoms with Crippen LogP contribution in [0.25, 0.3) is 0 Å². The molecule has 8 heteroatoms. The van der Waals surface area contributed by atoms with Gasteiger partial charge in [-0.05, 0) is 37.6 Å². The number of carbonyl (C=O) groups is 3. The average molecular weight is 488 g/mol. The van der Waals surface area contributed by atoms with Crippen LogP contribution in [0.15, 0.2) is 0 Å². The number of imide groups is 1. The Morgan fingerprint density at radius 3 is 1.88 bits per heavy atom. The zero-order chi connectivity index (χ0) is 25.4. The van der Waals surface area contributed by atoms with Crippen molar-refractivity contribution in [3.05, 3.63) is 0 Å². The molecule has 3 amide bonds. The highest BCUT2D eigenvalue weighted by Gasteiger charge is 2.31. The Morgan fingerprint density at radius 2 is 1.36 bits per heavy atom. The van der Waals surface area contributed by atoms with Crippen LogP contribution in [0.1, 0.15) is 92.9 Å². The lowest BCUT2D eigenvalue weighted by Gasteiger charge is -2.26. The van der Waals surface area contributed by atoms with Gasteiger partial charge in [0.2, 0.25) is 17.7 Å². The molecule has 0 saturated heterocycles. The number of carbonyl (C=O) groups excluding carboxylic acids is 3. The van der Waals surface area contributed by atoms with Crippen LogP contribution in [0, 0.1) is 17.8 Å². The third-order valence-electron chi connectivity index (χ3n) is 5.67. The van der Waals surface area contributed by atoms with Gasteiger partial charge in [0.1, 0.15) is 6.04 Å². The minimum Gasteiger partial charge on any atom is -0.391 e. The molecule has 7 nitrogen and oxygen atoms in total. The standard InChI is InChI=1S/C25H49N3O4S/c1-7-9-10-11-12-13-19(22(29)16-33)23(30)27-21(15-18(5)6)25(32)28-24(31)20(26-8-2)14-17(3)4/h17-22,26,29,33H,7-16H2,1-6H3,(H,27,30)(H,28,31,32)/t19?,20?,21-,22?/m0/s1. The van der Waals surface area contributed by atoms with Crippen LogP contribution >= 0.6 is 12.6 Å². The number of nitrogens with one attached hydrogen (secondary N) is 3. The van der Waals surface area contributed by atoms with Crippen LogP contribution in [0.4, 0.5) is 0 Å². The van der Waals surface area contributed by atoms with E-state index in [4.69, 9.17) is 0 Å². The van der Waals surface area contributed by atoms with E-state index in [-0.39, 0.29) is 23.5 Å². The van der Waals surface area contributed by atoms with Crippen molar-refractivity contribution in [2.45, 2.75) is 111 Å². The number of hydrogen-bond acceptors (Lipinski definition) is 6. The largest absolute Gasteiger partial charge is 0.391 e. The monoisotopic (exact) mass is 487 g/mol. The van der Waals surface area contributed by atoms with Gasteiger partial charge in [0.05, 0.1) is 18.1 Å². The Balaban J connectivity index is 5.25. The molecule has 0 bridgehead atoms. The first-order chi connectivity index (χ1) is 15.6. The van der Waals surface area contributed by atoms with Crippen LogP contribution in [0.2, 0.25) is 0 Å². The molecular formula is C25H49N3O4S. The molecule has 194 valence electrons. The molecule has 0 fully saturated rings. The fraction of sp³-hybridized carbons (Fsp3) is 0.880. The van der Waals surface area contributed by atoms with Crippen molar-refractivity contribution in [2.24, 2.45) is 17.8 Å². The maximum atomic E-state index is 13.0. The summed E-state index contributed by atoms with van der Waals surface area (Å²) in [4.78, 5) is 38.7. The summed E-state index contributed by atoms with van der Waals surface area (Å²) in [5.74, 6) is -1.26. The molecule has 0 aliphatic carbocycles. The summed E-state index contributed by atoms with van der Waals surface area (Å²) >= 11 is 4.17. The highest BCUT2D eigenvalue weighted by atomic mass is 32.1. The average Bonchev–Trinajstić information content (AvgIpc) is 2.74. The maximum absolute atomic E-state index is 13.0. The van der Waals surface area contributed by atoms with E-state index in [2.05, 4.69) is 35.5 Å². The van der Waals surface area contributed by atoms with Gasteiger partial charge in [0.25, 0.3) is 0 Å². The third-order valence-corrected chi connectivity index (χ3v) is 6.04. The molecule has 0 radical (unpaired) electrons. The predicted octanol–water partition coefficient (Wildman–Crippen LogP) is 3.45. The highest BCUT2D eigenvalue weighted by Crippen LogP contribution is 2.18. The van der Waals surface area contributed by atoms with Crippen molar-refractivity contribution >= 4 is 30.4 Å². The number of likely N-dealkylation sites (N-methyl/N-ethyl adjacent to an activating group) is 1. The Bertz CT molecular complexity index is 572. The van der Waals surface area contributed by atoms with Crippen LogP contribution < -0.4 is 16.0 Å². The molecule has 0 rings (SSSR count). The number of rotatable bonds is 18. The number of amides is 3. The van der Waals surface area contributed by atoms with Crippen molar-refractivity contribution in [1.29, 1.82) is 0 Å². The summed E-state index contributed by atoms with van der Waals surface area (Å²) in [5.41, 5.74) is 0. The number of aliphatic hydroxyl groups is 1. The summed E-state index contributed by atoms with van der Waals surface area (Å²) in [7, 11) is 0. The van der Waals surface area contributed by atoms with E-state index in [9.17, 15) is 19.5 Å². The van der Waals surface area contributed by atoms with Crippen LogP contribution in [0.5, 0.6) is 0 Å². The molecule has 33 heavy (non-hydrogen) atoms. The first kappa shape index (κ1) is 31.9. The molecule has 0 aromatic heterocycles. The molecule has 0 saturated carbocycles. The number of thiol groups is 1. The number of aliphatic hydroxyl groups excluding tert-OH is 1. The second-order valence-electron chi connectivity index (χ2n) is 9.84. The Hall–Kier alpha value is -1.12. The second-order valence-corrected chi connectivity index (χ2v) is 10.2.